The van der Waals surface area contributed by atoms with E-state index in [1.54, 1.807) is 0 Å². The minimum absolute atomic E-state index is 0.707. The monoisotopic (exact) mass is 198 g/mol. The molecular formula is C11H15ClO. The number of hydrogen-bond donors (Lipinski definition) is 0. The summed E-state index contributed by atoms with van der Waals surface area (Å²) in [6.07, 6.45) is 2.14. The lowest BCUT2D eigenvalue weighted by atomic mass is 10.1. The van der Waals surface area contributed by atoms with Crippen LogP contribution in [-0.4, -0.2) is 6.61 Å². The van der Waals surface area contributed by atoms with Crippen LogP contribution in [0.3, 0.4) is 0 Å². The maximum absolute atomic E-state index is 5.90. The highest BCUT2D eigenvalue weighted by atomic mass is 35.5. The maximum Gasteiger partial charge on any atom is 0.122 e. The van der Waals surface area contributed by atoms with Crippen LogP contribution in [0.4, 0.5) is 0 Å². The van der Waals surface area contributed by atoms with E-state index in [9.17, 15) is 0 Å². The molecule has 0 amide bonds. The summed E-state index contributed by atoms with van der Waals surface area (Å²) in [5.41, 5.74) is 1.21. The van der Waals surface area contributed by atoms with Crippen molar-refractivity contribution in [1.29, 1.82) is 0 Å². The van der Waals surface area contributed by atoms with Gasteiger partial charge >= 0.3 is 0 Å². The highest BCUT2D eigenvalue weighted by Gasteiger charge is 2.02. The van der Waals surface area contributed by atoms with E-state index in [4.69, 9.17) is 16.3 Å². The van der Waals surface area contributed by atoms with Crippen molar-refractivity contribution in [2.75, 3.05) is 6.61 Å². The molecule has 0 aliphatic heterocycles. The second kappa shape index (κ2) is 5.13. The molecule has 0 aliphatic carbocycles. The molecular weight excluding hydrogens is 184 g/mol. The van der Waals surface area contributed by atoms with Crippen molar-refractivity contribution in [3.05, 3.63) is 28.8 Å². The smallest absolute Gasteiger partial charge is 0.122 e. The fourth-order valence-corrected chi connectivity index (χ4v) is 1.50. The van der Waals surface area contributed by atoms with Gasteiger partial charge < -0.3 is 4.74 Å². The Kier molecular flexibility index (Phi) is 4.10. The van der Waals surface area contributed by atoms with Gasteiger partial charge in [0.25, 0.3) is 0 Å². The summed E-state index contributed by atoms with van der Waals surface area (Å²) in [4.78, 5) is 0. The molecule has 1 aromatic carbocycles. The molecule has 0 spiro atoms. The predicted molar refractivity (Wildman–Crippen MR) is 56.6 cm³/mol. The lowest BCUT2D eigenvalue weighted by molar-refractivity contribution is 0.336. The zero-order valence-electron chi connectivity index (χ0n) is 8.14. The van der Waals surface area contributed by atoms with Gasteiger partial charge in [0.1, 0.15) is 5.75 Å². The van der Waals surface area contributed by atoms with Gasteiger partial charge in [-0.15, -0.1) is 0 Å². The first kappa shape index (κ1) is 10.4. The Morgan fingerprint density at radius 3 is 2.69 bits per heavy atom. The zero-order chi connectivity index (χ0) is 9.68. The minimum atomic E-state index is 0.707. The topological polar surface area (TPSA) is 9.23 Å². The standard InChI is InChI=1S/C11H15ClO/c1-3-5-9-8-10(12)6-7-11(9)13-4-2/h6-8H,3-5H2,1-2H3. The van der Waals surface area contributed by atoms with Gasteiger partial charge in [-0.3, -0.25) is 0 Å². The predicted octanol–water partition coefficient (Wildman–Crippen LogP) is 3.69. The molecule has 72 valence electrons. The van der Waals surface area contributed by atoms with Crippen molar-refractivity contribution < 1.29 is 4.74 Å². The van der Waals surface area contributed by atoms with Crippen molar-refractivity contribution in [2.45, 2.75) is 26.7 Å². The summed E-state index contributed by atoms with van der Waals surface area (Å²) in [7, 11) is 0. The van der Waals surface area contributed by atoms with Gasteiger partial charge in [0, 0.05) is 5.02 Å². The number of rotatable bonds is 4. The number of aryl methyl sites for hydroxylation is 1. The van der Waals surface area contributed by atoms with Gasteiger partial charge in [0.2, 0.25) is 0 Å². The van der Waals surface area contributed by atoms with Crippen LogP contribution < -0.4 is 4.74 Å². The molecule has 0 bridgehead atoms. The molecule has 0 radical (unpaired) electrons. The number of hydrogen-bond acceptors (Lipinski definition) is 1. The summed E-state index contributed by atoms with van der Waals surface area (Å²) in [6.45, 7) is 4.85. The summed E-state index contributed by atoms with van der Waals surface area (Å²) < 4.78 is 5.49. The molecule has 0 unspecified atom stereocenters. The van der Waals surface area contributed by atoms with Crippen molar-refractivity contribution >= 4 is 11.6 Å². The third-order valence-corrected chi connectivity index (χ3v) is 2.08. The van der Waals surface area contributed by atoms with E-state index in [1.807, 2.05) is 25.1 Å². The second-order valence-electron chi connectivity index (χ2n) is 2.94. The van der Waals surface area contributed by atoms with Gasteiger partial charge in [0.15, 0.2) is 0 Å². The molecule has 0 heterocycles. The Hall–Kier alpha value is -0.690. The van der Waals surface area contributed by atoms with Gasteiger partial charge in [-0.1, -0.05) is 24.9 Å². The highest BCUT2D eigenvalue weighted by molar-refractivity contribution is 6.30. The van der Waals surface area contributed by atoms with Gasteiger partial charge in [0.05, 0.1) is 6.61 Å². The largest absolute Gasteiger partial charge is 0.494 e. The Morgan fingerprint density at radius 2 is 2.08 bits per heavy atom. The van der Waals surface area contributed by atoms with Crippen LogP contribution in [0.2, 0.25) is 5.02 Å². The number of benzene rings is 1. The average Bonchev–Trinajstić information content (AvgIpc) is 2.10. The summed E-state index contributed by atoms with van der Waals surface area (Å²) in [6, 6.07) is 5.79. The van der Waals surface area contributed by atoms with Gasteiger partial charge in [-0.25, -0.2) is 0 Å². The molecule has 0 saturated heterocycles. The molecule has 1 aromatic rings. The Labute approximate surface area is 84.7 Å². The van der Waals surface area contributed by atoms with Crippen LogP contribution in [0.25, 0.3) is 0 Å². The molecule has 0 aromatic heterocycles. The molecule has 1 nitrogen and oxygen atoms in total. The van der Waals surface area contributed by atoms with Crippen LogP contribution in [0.1, 0.15) is 25.8 Å². The number of ether oxygens (including phenoxy) is 1. The van der Waals surface area contributed by atoms with Crippen LogP contribution >= 0.6 is 11.6 Å². The van der Waals surface area contributed by atoms with E-state index in [0.29, 0.717) is 6.61 Å². The van der Waals surface area contributed by atoms with Crippen LogP contribution in [0.5, 0.6) is 5.75 Å². The normalized spacial score (nSPS) is 10.1. The molecule has 0 aliphatic rings. The van der Waals surface area contributed by atoms with E-state index in [2.05, 4.69) is 6.92 Å². The van der Waals surface area contributed by atoms with Crippen LogP contribution in [0.15, 0.2) is 18.2 Å². The highest BCUT2D eigenvalue weighted by Crippen LogP contribution is 2.23. The first-order valence-corrected chi connectivity index (χ1v) is 5.07. The van der Waals surface area contributed by atoms with Crippen LogP contribution in [-0.2, 0) is 6.42 Å². The van der Waals surface area contributed by atoms with E-state index in [1.165, 1.54) is 5.56 Å². The van der Waals surface area contributed by atoms with E-state index in [0.717, 1.165) is 23.6 Å². The summed E-state index contributed by atoms with van der Waals surface area (Å²) >= 11 is 5.90. The van der Waals surface area contributed by atoms with E-state index in [-0.39, 0.29) is 0 Å². The second-order valence-corrected chi connectivity index (χ2v) is 3.37. The van der Waals surface area contributed by atoms with Crippen molar-refractivity contribution in [2.24, 2.45) is 0 Å². The third kappa shape index (κ3) is 2.92. The number of halogens is 1. The maximum atomic E-state index is 5.90. The molecule has 2 heteroatoms. The molecule has 0 saturated carbocycles. The third-order valence-electron chi connectivity index (χ3n) is 1.84. The van der Waals surface area contributed by atoms with E-state index < -0.39 is 0 Å². The summed E-state index contributed by atoms with van der Waals surface area (Å²) in [5.74, 6) is 0.966. The molecule has 0 fully saturated rings. The lowest BCUT2D eigenvalue weighted by Gasteiger charge is -2.09. The minimum Gasteiger partial charge on any atom is -0.494 e. The van der Waals surface area contributed by atoms with Crippen LogP contribution in [0, 0.1) is 0 Å². The average molecular weight is 199 g/mol. The fourth-order valence-electron chi connectivity index (χ4n) is 1.31. The van der Waals surface area contributed by atoms with Crippen molar-refractivity contribution in [3.63, 3.8) is 0 Å². The quantitative estimate of drug-likeness (QED) is 0.717. The van der Waals surface area contributed by atoms with E-state index >= 15 is 0 Å². The molecule has 1 rings (SSSR count). The summed E-state index contributed by atoms with van der Waals surface area (Å²) in [5, 5.41) is 0.784. The zero-order valence-corrected chi connectivity index (χ0v) is 8.90. The van der Waals surface area contributed by atoms with Gasteiger partial charge in [-0.2, -0.15) is 0 Å². The first-order chi connectivity index (χ1) is 6.27. The molecule has 0 atom stereocenters. The Bertz CT molecular complexity index is 271. The Balaban J connectivity index is 2.89. The lowest BCUT2D eigenvalue weighted by Crippen LogP contribution is -1.96. The Morgan fingerprint density at radius 1 is 1.31 bits per heavy atom. The molecule has 0 N–H and O–H groups in total. The molecule has 13 heavy (non-hydrogen) atoms. The fraction of sp³-hybridized carbons (Fsp3) is 0.455. The van der Waals surface area contributed by atoms with Crippen molar-refractivity contribution in [3.8, 4) is 5.75 Å². The van der Waals surface area contributed by atoms with Gasteiger partial charge in [-0.05, 0) is 37.1 Å². The SMILES string of the molecule is CCCc1cc(Cl)ccc1OCC. The van der Waals surface area contributed by atoms with Crippen molar-refractivity contribution in [1.82, 2.24) is 0 Å². The first-order valence-electron chi connectivity index (χ1n) is 4.69.